The summed E-state index contributed by atoms with van der Waals surface area (Å²) < 4.78 is 1.76. The third-order valence-electron chi connectivity index (χ3n) is 2.57. The third kappa shape index (κ3) is 1.83. The number of nitrogens with one attached hydrogen (secondary N) is 1. The van der Waals surface area contributed by atoms with Crippen molar-refractivity contribution in [1.82, 2.24) is 25.1 Å². The molecule has 0 radical (unpaired) electrons. The van der Waals surface area contributed by atoms with Gasteiger partial charge in [-0.1, -0.05) is 0 Å². The van der Waals surface area contributed by atoms with Crippen LogP contribution in [0.15, 0.2) is 12.5 Å². The van der Waals surface area contributed by atoms with E-state index in [1.54, 1.807) is 17.2 Å². The monoisotopic (exact) mass is 220 g/mol. The lowest BCUT2D eigenvalue weighted by molar-refractivity contribution is 0.761. The molecule has 2 aromatic rings. The van der Waals surface area contributed by atoms with Crippen molar-refractivity contribution in [2.75, 3.05) is 32.1 Å². The first kappa shape index (κ1) is 10.8. The third-order valence-corrected chi connectivity index (χ3v) is 2.57. The molecule has 0 saturated carbocycles. The van der Waals surface area contributed by atoms with Crippen LogP contribution in [-0.4, -0.2) is 46.9 Å². The summed E-state index contributed by atoms with van der Waals surface area (Å²) in [6.07, 6.45) is 3.38. The van der Waals surface area contributed by atoms with E-state index in [0.29, 0.717) is 0 Å². The van der Waals surface area contributed by atoms with Crippen molar-refractivity contribution in [3.63, 3.8) is 0 Å². The maximum absolute atomic E-state index is 4.31. The first-order valence-electron chi connectivity index (χ1n) is 5.22. The lowest BCUT2D eigenvalue weighted by Gasteiger charge is -2.17. The molecule has 0 aromatic carbocycles. The summed E-state index contributed by atoms with van der Waals surface area (Å²) in [6.45, 7) is 1.82. The minimum atomic E-state index is 0.862. The smallest absolute Gasteiger partial charge is 0.163 e. The van der Waals surface area contributed by atoms with Crippen molar-refractivity contribution >= 4 is 16.9 Å². The molecule has 0 aliphatic heterocycles. The number of aryl methyl sites for hydroxylation is 1. The average Bonchev–Trinajstić information content (AvgIpc) is 2.68. The van der Waals surface area contributed by atoms with E-state index in [1.165, 1.54) is 0 Å². The Morgan fingerprint density at radius 1 is 1.44 bits per heavy atom. The summed E-state index contributed by atoms with van der Waals surface area (Å²) in [7, 11) is 5.84. The Morgan fingerprint density at radius 2 is 2.25 bits per heavy atom. The standard InChI is InChI=1S/C10H16N6/c1-11-4-5-15(2)9-8-6-14-16(3)10(8)13-7-12-9/h6-7,11H,4-5H2,1-3H3. The summed E-state index contributed by atoms with van der Waals surface area (Å²) in [5.74, 6) is 0.924. The van der Waals surface area contributed by atoms with Crippen molar-refractivity contribution in [1.29, 1.82) is 0 Å². The Hall–Kier alpha value is -1.69. The quantitative estimate of drug-likeness (QED) is 0.787. The van der Waals surface area contributed by atoms with Crippen LogP contribution in [-0.2, 0) is 7.05 Å². The second kappa shape index (κ2) is 4.44. The van der Waals surface area contributed by atoms with E-state index >= 15 is 0 Å². The zero-order valence-electron chi connectivity index (χ0n) is 9.80. The minimum absolute atomic E-state index is 0.862. The van der Waals surface area contributed by atoms with Gasteiger partial charge in [0.1, 0.15) is 12.1 Å². The molecule has 0 saturated heterocycles. The molecule has 2 rings (SSSR count). The first-order valence-corrected chi connectivity index (χ1v) is 5.22. The number of hydrogen-bond acceptors (Lipinski definition) is 5. The Labute approximate surface area is 94.3 Å². The van der Waals surface area contributed by atoms with Crippen molar-refractivity contribution < 1.29 is 0 Å². The molecule has 6 heteroatoms. The van der Waals surface area contributed by atoms with E-state index in [4.69, 9.17) is 0 Å². The van der Waals surface area contributed by atoms with Crippen LogP contribution in [0.5, 0.6) is 0 Å². The number of hydrogen-bond donors (Lipinski definition) is 1. The Balaban J connectivity index is 2.36. The van der Waals surface area contributed by atoms with E-state index in [-0.39, 0.29) is 0 Å². The summed E-state index contributed by atoms with van der Waals surface area (Å²) >= 11 is 0. The lowest BCUT2D eigenvalue weighted by Crippen LogP contribution is -2.27. The summed E-state index contributed by atoms with van der Waals surface area (Å²) in [5, 5.41) is 8.30. The van der Waals surface area contributed by atoms with Crippen molar-refractivity contribution in [3.05, 3.63) is 12.5 Å². The first-order chi connectivity index (χ1) is 7.74. The van der Waals surface area contributed by atoms with Crippen LogP contribution >= 0.6 is 0 Å². The van der Waals surface area contributed by atoms with E-state index in [1.807, 2.05) is 21.1 Å². The number of anilines is 1. The van der Waals surface area contributed by atoms with Gasteiger partial charge in [0.15, 0.2) is 5.65 Å². The number of rotatable bonds is 4. The van der Waals surface area contributed by atoms with E-state index in [2.05, 4.69) is 25.3 Å². The fourth-order valence-corrected chi connectivity index (χ4v) is 1.64. The van der Waals surface area contributed by atoms with Gasteiger partial charge in [-0.3, -0.25) is 4.68 Å². The van der Waals surface area contributed by atoms with Gasteiger partial charge in [0.2, 0.25) is 0 Å². The van der Waals surface area contributed by atoms with Gasteiger partial charge in [0, 0.05) is 27.2 Å². The molecule has 1 N–H and O–H groups in total. The molecule has 0 amide bonds. The maximum Gasteiger partial charge on any atom is 0.163 e. The zero-order valence-corrected chi connectivity index (χ0v) is 9.80. The van der Waals surface area contributed by atoms with Gasteiger partial charge in [-0.15, -0.1) is 0 Å². The highest BCUT2D eigenvalue weighted by molar-refractivity contribution is 5.86. The van der Waals surface area contributed by atoms with Crippen molar-refractivity contribution in [2.45, 2.75) is 0 Å². The fourth-order valence-electron chi connectivity index (χ4n) is 1.64. The Kier molecular flexibility index (Phi) is 3.00. The second-order valence-electron chi connectivity index (χ2n) is 3.73. The van der Waals surface area contributed by atoms with Gasteiger partial charge in [0.25, 0.3) is 0 Å². The molecule has 0 unspecified atom stereocenters. The Bertz CT molecular complexity index is 477. The molecule has 0 fully saturated rings. The molecule has 0 spiro atoms. The Morgan fingerprint density at radius 3 is 3.00 bits per heavy atom. The second-order valence-corrected chi connectivity index (χ2v) is 3.73. The fraction of sp³-hybridized carbons (Fsp3) is 0.500. The summed E-state index contributed by atoms with van der Waals surface area (Å²) in [5.41, 5.74) is 0.862. The SMILES string of the molecule is CNCCN(C)c1ncnc2c1cnn2C. The maximum atomic E-state index is 4.31. The molecule has 2 aromatic heterocycles. The van der Waals surface area contributed by atoms with Gasteiger partial charge < -0.3 is 10.2 Å². The number of fused-ring (bicyclic) bond motifs is 1. The molecule has 0 aliphatic rings. The highest BCUT2D eigenvalue weighted by Gasteiger charge is 2.10. The highest BCUT2D eigenvalue weighted by atomic mass is 15.3. The van der Waals surface area contributed by atoms with Crippen LogP contribution in [0.2, 0.25) is 0 Å². The van der Waals surface area contributed by atoms with Crippen molar-refractivity contribution in [2.24, 2.45) is 7.05 Å². The zero-order chi connectivity index (χ0) is 11.5. The number of likely N-dealkylation sites (N-methyl/N-ethyl adjacent to an activating group) is 2. The molecule has 0 aliphatic carbocycles. The predicted molar refractivity (Wildman–Crippen MR) is 63.5 cm³/mol. The average molecular weight is 220 g/mol. The van der Waals surface area contributed by atoms with Crippen LogP contribution in [0, 0.1) is 0 Å². The molecule has 6 nitrogen and oxygen atoms in total. The lowest BCUT2D eigenvalue weighted by atomic mass is 10.3. The molecule has 86 valence electrons. The topological polar surface area (TPSA) is 58.9 Å². The normalized spacial score (nSPS) is 10.9. The van der Waals surface area contributed by atoms with Crippen LogP contribution in [0.3, 0.4) is 0 Å². The molecule has 0 atom stereocenters. The predicted octanol–water partition coefficient (Wildman–Crippen LogP) is 0.0189. The van der Waals surface area contributed by atoms with Gasteiger partial charge >= 0.3 is 0 Å². The molecular weight excluding hydrogens is 204 g/mol. The molecule has 0 bridgehead atoms. The van der Waals surface area contributed by atoms with E-state index in [0.717, 1.165) is 29.9 Å². The molecule has 2 heterocycles. The summed E-state index contributed by atoms with van der Waals surface area (Å²) in [4.78, 5) is 10.6. The van der Waals surface area contributed by atoms with Gasteiger partial charge in [-0.05, 0) is 7.05 Å². The highest BCUT2D eigenvalue weighted by Crippen LogP contribution is 2.20. The van der Waals surface area contributed by atoms with Crippen LogP contribution < -0.4 is 10.2 Å². The van der Waals surface area contributed by atoms with Crippen LogP contribution in [0.25, 0.3) is 11.0 Å². The minimum Gasteiger partial charge on any atom is -0.358 e. The number of nitrogens with zero attached hydrogens (tertiary/aromatic N) is 5. The van der Waals surface area contributed by atoms with E-state index in [9.17, 15) is 0 Å². The molecule has 16 heavy (non-hydrogen) atoms. The summed E-state index contributed by atoms with van der Waals surface area (Å²) in [6, 6.07) is 0. The largest absolute Gasteiger partial charge is 0.358 e. The van der Waals surface area contributed by atoms with Gasteiger partial charge in [0.05, 0.1) is 11.6 Å². The number of aromatic nitrogens is 4. The molecular formula is C10H16N6. The van der Waals surface area contributed by atoms with Crippen LogP contribution in [0.4, 0.5) is 5.82 Å². The van der Waals surface area contributed by atoms with Crippen molar-refractivity contribution in [3.8, 4) is 0 Å². The van der Waals surface area contributed by atoms with Gasteiger partial charge in [-0.2, -0.15) is 5.10 Å². The van der Waals surface area contributed by atoms with Gasteiger partial charge in [-0.25, -0.2) is 9.97 Å². The van der Waals surface area contributed by atoms with E-state index < -0.39 is 0 Å². The van der Waals surface area contributed by atoms with Crippen LogP contribution in [0.1, 0.15) is 0 Å².